The molecule has 1 amide bonds. The van der Waals surface area contributed by atoms with Crippen LogP contribution in [0.1, 0.15) is 12.8 Å². The lowest BCUT2D eigenvalue weighted by atomic mass is 10.0. The largest absolute Gasteiger partial charge is 0.397 e. The molecule has 0 aliphatic carbocycles. The number of nitrogens with two attached hydrogens (primary N) is 2. The van der Waals surface area contributed by atoms with Crippen molar-refractivity contribution in [1.29, 1.82) is 0 Å². The third-order valence-electron chi connectivity index (χ3n) is 3.18. The van der Waals surface area contributed by atoms with Crippen LogP contribution in [0.2, 0.25) is 0 Å². The van der Waals surface area contributed by atoms with Gasteiger partial charge in [0, 0.05) is 25.3 Å². The molecule has 0 saturated heterocycles. The standard InChI is InChI=1S/C9H8N2.C8H15NO2/c10-8-5-1-3-7-4-2-6-11-9(7)8;1-3-7(8(9)10)5-4-6-11-2/h1-6H,10H2;3,7H,1,4-6H2,2H3,(H2,9,10). The number of rotatable bonds is 6. The number of aromatic nitrogens is 1. The number of hydrogen-bond acceptors (Lipinski definition) is 4. The molecule has 1 atom stereocenters. The van der Waals surface area contributed by atoms with Gasteiger partial charge in [0.05, 0.1) is 17.1 Å². The lowest BCUT2D eigenvalue weighted by Crippen LogP contribution is -2.21. The summed E-state index contributed by atoms with van der Waals surface area (Å²) in [5.41, 5.74) is 12.4. The van der Waals surface area contributed by atoms with Crippen molar-refractivity contribution in [3.8, 4) is 0 Å². The van der Waals surface area contributed by atoms with E-state index in [2.05, 4.69) is 11.6 Å². The predicted octanol–water partition coefficient (Wildman–Crippen LogP) is 2.52. The number of anilines is 1. The molecule has 0 spiro atoms. The van der Waals surface area contributed by atoms with Gasteiger partial charge in [-0.15, -0.1) is 6.58 Å². The maximum atomic E-state index is 10.6. The summed E-state index contributed by atoms with van der Waals surface area (Å²) >= 11 is 0. The molecule has 0 aliphatic heterocycles. The zero-order valence-corrected chi connectivity index (χ0v) is 12.9. The molecule has 0 radical (unpaired) electrons. The van der Waals surface area contributed by atoms with Crippen LogP contribution >= 0.6 is 0 Å². The number of primary amides is 1. The van der Waals surface area contributed by atoms with Crippen molar-refractivity contribution in [3.05, 3.63) is 49.2 Å². The summed E-state index contributed by atoms with van der Waals surface area (Å²) in [7, 11) is 1.63. The summed E-state index contributed by atoms with van der Waals surface area (Å²) < 4.78 is 4.83. The van der Waals surface area contributed by atoms with Crippen molar-refractivity contribution in [1.82, 2.24) is 4.98 Å². The van der Waals surface area contributed by atoms with Gasteiger partial charge in [-0.2, -0.15) is 0 Å². The Morgan fingerprint density at radius 2 is 2.14 bits per heavy atom. The van der Waals surface area contributed by atoms with Gasteiger partial charge < -0.3 is 16.2 Å². The average molecular weight is 301 g/mol. The van der Waals surface area contributed by atoms with Gasteiger partial charge in [-0.25, -0.2) is 0 Å². The van der Waals surface area contributed by atoms with E-state index in [9.17, 15) is 4.79 Å². The fourth-order valence-corrected chi connectivity index (χ4v) is 1.95. The van der Waals surface area contributed by atoms with Gasteiger partial charge >= 0.3 is 0 Å². The predicted molar refractivity (Wildman–Crippen MR) is 90.1 cm³/mol. The van der Waals surface area contributed by atoms with E-state index in [1.807, 2.05) is 30.3 Å². The quantitative estimate of drug-likeness (QED) is 0.487. The molecule has 0 aliphatic rings. The number of methoxy groups -OCH3 is 1. The molecule has 4 N–H and O–H groups in total. The Morgan fingerprint density at radius 1 is 1.41 bits per heavy atom. The van der Waals surface area contributed by atoms with Crippen molar-refractivity contribution in [2.24, 2.45) is 11.7 Å². The maximum absolute atomic E-state index is 10.6. The first kappa shape index (κ1) is 17.7. The van der Waals surface area contributed by atoms with Gasteiger partial charge in [0.2, 0.25) is 5.91 Å². The van der Waals surface area contributed by atoms with E-state index >= 15 is 0 Å². The molecular weight excluding hydrogens is 278 g/mol. The van der Waals surface area contributed by atoms with E-state index in [0.717, 1.165) is 29.4 Å². The Kier molecular flexibility index (Phi) is 7.64. The normalized spacial score (nSPS) is 11.3. The SMILES string of the molecule is C=CC(CCCOC)C(N)=O.Nc1cccc2cccnc12. The molecule has 2 aromatic rings. The molecule has 5 nitrogen and oxygen atoms in total. The molecule has 22 heavy (non-hydrogen) atoms. The van der Waals surface area contributed by atoms with Gasteiger partial charge in [-0.3, -0.25) is 9.78 Å². The second-order valence-corrected chi connectivity index (χ2v) is 4.80. The van der Waals surface area contributed by atoms with Crippen molar-refractivity contribution >= 4 is 22.5 Å². The number of amides is 1. The van der Waals surface area contributed by atoms with Gasteiger partial charge in [0.1, 0.15) is 0 Å². The van der Waals surface area contributed by atoms with Gasteiger partial charge in [-0.05, 0) is 25.0 Å². The minimum Gasteiger partial charge on any atom is -0.397 e. The van der Waals surface area contributed by atoms with E-state index < -0.39 is 0 Å². The number of fused-ring (bicyclic) bond motifs is 1. The first-order valence-corrected chi connectivity index (χ1v) is 7.10. The Hall–Kier alpha value is -2.40. The van der Waals surface area contributed by atoms with E-state index in [-0.39, 0.29) is 11.8 Å². The number of hydrogen-bond donors (Lipinski definition) is 2. The fourth-order valence-electron chi connectivity index (χ4n) is 1.95. The van der Waals surface area contributed by atoms with Crippen molar-refractivity contribution < 1.29 is 9.53 Å². The lowest BCUT2D eigenvalue weighted by Gasteiger charge is -2.06. The third-order valence-corrected chi connectivity index (χ3v) is 3.18. The summed E-state index contributed by atoms with van der Waals surface area (Å²) in [5.74, 6) is -0.513. The maximum Gasteiger partial charge on any atom is 0.224 e. The van der Waals surface area contributed by atoms with Gasteiger partial charge in [0.15, 0.2) is 0 Å². The van der Waals surface area contributed by atoms with Gasteiger partial charge in [0.25, 0.3) is 0 Å². The molecule has 118 valence electrons. The minimum atomic E-state index is -0.309. The summed E-state index contributed by atoms with van der Waals surface area (Å²) in [6, 6.07) is 9.69. The number of benzene rings is 1. The Bertz CT molecular complexity index is 608. The topological polar surface area (TPSA) is 91.2 Å². The van der Waals surface area contributed by atoms with Crippen LogP contribution in [-0.2, 0) is 9.53 Å². The van der Waals surface area contributed by atoms with Gasteiger partial charge in [-0.1, -0.05) is 24.3 Å². The monoisotopic (exact) mass is 301 g/mol. The zero-order chi connectivity index (χ0) is 16.4. The number of nitrogen functional groups attached to an aromatic ring is 1. The fraction of sp³-hybridized carbons (Fsp3) is 0.294. The molecule has 5 heteroatoms. The highest BCUT2D eigenvalue weighted by atomic mass is 16.5. The van der Waals surface area contributed by atoms with Crippen molar-refractivity contribution in [2.45, 2.75) is 12.8 Å². The van der Waals surface area contributed by atoms with Crippen LogP contribution in [0.3, 0.4) is 0 Å². The number of carbonyl (C=O) groups is 1. The smallest absolute Gasteiger partial charge is 0.224 e. The molecule has 1 aromatic heterocycles. The van der Waals surface area contributed by atoms with Crippen molar-refractivity contribution in [2.75, 3.05) is 19.5 Å². The molecule has 1 aromatic carbocycles. The molecule has 0 fully saturated rings. The second-order valence-electron chi connectivity index (χ2n) is 4.80. The van der Waals surface area contributed by atoms with Crippen LogP contribution in [0.25, 0.3) is 10.9 Å². The highest BCUT2D eigenvalue weighted by molar-refractivity contribution is 5.88. The first-order valence-electron chi connectivity index (χ1n) is 7.10. The zero-order valence-electron chi connectivity index (χ0n) is 12.9. The number of para-hydroxylation sites is 1. The third kappa shape index (κ3) is 5.54. The Morgan fingerprint density at radius 3 is 2.73 bits per heavy atom. The average Bonchev–Trinajstić information content (AvgIpc) is 2.52. The first-order chi connectivity index (χ1) is 10.6. The number of pyridine rings is 1. The highest BCUT2D eigenvalue weighted by Crippen LogP contribution is 2.16. The molecular formula is C17H23N3O2. The van der Waals surface area contributed by atoms with E-state index in [0.29, 0.717) is 6.61 Å². The van der Waals surface area contributed by atoms with E-state index in [1.54, 1.807) is 19.4 Å². The molecule has 0 saturated carbocycles. The second kappa shape index (κ2) is 9.52. The summed E-state index contributed by atoms with van der Waals surface area (Å²) in [6.07, 6.45) is 4.90. The molecule has 1 unspecified atom stereocenters. The number of carbonyl (C=O) groups excluding carboxylic acids is 1. The molecule has 2 rings (SSSR count). The lowest BCUT2D eigenvalue weighted by molar-refractivity contribution is -0.120. The van der Waals surface area contributed by atoms with Crippen LogP contribution in [-0.4, -0.2) is 24.6 Å². The summed E-state index contributed by atoms with van der Waals surface area (Å²) in [6.45, 7) is 4.18. The minimum absolute atomic E-state index is 0.204. The number of nitrogens with zero attached hydrogens (tertiary/aromatic N) is 1. The molecule has 1 heterocycles. The highest BCUT2D eigenvalue weighted by Gasteiger charge is 2.09. The van der Waals surface area contributed by atoms with Crippen LogP contribution < -0.4 is 11.5 Å². The Balaban J connectivity index is 0.000000220. The Labute approximate surface area is 131 Å². The number of ether oxygens (including phenoxy) is 1. The summed E-state index contributed by atoms with van der Waals surface area (Å²) in [4.78, 5) is 14.8. The van der Waals surface area contributed by atoms with Crippen LogP contribution in [0.15, 0.2) is 49.2 Å². The van der Waals surface area contributed by atoms with Crippen LogP contribution in [0.4, 0.5) is 5.69 Å². The van der Waals surface area contributed by atoms with Crippen molar-refractivity contribution in [3.63, 3.8) is 0 Å². The van der Waals surface area contributed by atoms with E-state index in [4.69, 9.17) is 16.2 Å². The molecule has 0 bridgehead atoms. The van der Waals surface area contributed by atoms with Crippen LogP contribution in [0.5, 0.6) is 0 Å². The van der Waals surface area contributed by atoms with E-state index in [1.165, 1.54) is 0 Å². The van der Waals surface area contributed by atoms with Crippen LogP contribution in [0, 0.1) is 5.92 Å². The summed E-state index contributed by atoms with van der Waals surface area (Å²) in [5, 5.41) is 1.09.